The quantitative estimate of drug-likeness (QED) is 0.117. The molecule has 0 aromatic heterocycles. The number of hydrogen-bond donors (Lipinski definition) is 7. The molecule has 0 aromatic rings. The SMILES string of the molecule is C[C@H](CCC(N)=O)[C@H]1CC[C@@H]2C1CC[C@H]1C2[C@H](O)C[C@@H]2CC(NC(=O)CNC(=O)CN3CCN(CC(=O)O)CCN(CC(=O)O)CCN(CC(=O)O)CC3)CCC21C. The monoisotopic (exact) mass is 820 g/mol. The number of primary amides is 1. The van der Waals surface area contributed by atoms with Crippen LogP contribution in [0, 0.1) is 46.8 Å². The highest BCUT2D eigenvalue weighted by Crippen LogP contribution is 2.64. The third kappa shape index (κ3) is 12.3. The van der Waals surface area contributed by atoms with Crippen LogP contribution in [-0.2, 0) is 28.8 Å². The van der Waals surface area contributed by atoms with E-state index in [0.29, 0.717) is 55.0 Å². The summed E-state index contributed by atoms with van der Waals surface area (Å²) in [6.07, 6.45) is 8.80. The van der Waals surface area contributed by atoms with Gasteiger partial charge in [0.2, 0.25) is 17.7 Å². The van der Waals surface area contributed by atoms with Crippen molar-refractivity contribution in [3.63, 3.8) is 0 Å². The number of nitrogens with one attached hydrogen (secondary N) is 2. The van der Waals surface area contributed by atoms with Gasteiger partial charge in [0, 0.05) is 64.8 Å². The number of aliphatic carboxylic acids is 3. The van der Waals surface area contributed by atoms with Gasteiger partial charge in [-0.1, -0.05) is 13.8 Å². The lowest BCUT2D eigenvalue weighted by molar-refractivity contribution is -0.150. The number of amides is 3. The number of hydrogen-bond acceptors (Lipinski definition) is 11. The molecule has 0 radical (unpaired) electrons. The van der Waals surface area contributed by atoms with Gasteiger partial charge in [0.05, 0.1) is 38.8 Å². The highest BCUT2D eigenvalue weighted by atomic mass is 16.4. The molecule has 3 amide bonds. The van der Waals surface area contributed by atoms with Gasteiger partial charge in [0.1, 0.15) is 0 Å². The van der Waals surface area contributed by atoms with Crippen LogP contribution in [0.25, 0.3) is 0 Å². The van der Waals surface area contributed by atoms with Crippen LogP contribution in [-0.4, -0.2) is 173 Å². The number of aliphatic hydroxyl groups is 1. The number of carboxylic acid groups (broad SMARTS) is 3. The minimum atomic E-state index is -1.03. The van der Waals surface area contributed by atoms with E-state index in [4.69, 9.17) is 5.73 Å². The predicted octanol–water partition coefficient (Wildman–Crippen LogP) is 0.204. The number of carboxylic acids is 3. The van der Waals surface area contributed by atoms with E-state index in [2.05, 4.69) is 24.5 Å². The zero-order chi connectivity index (χ0) is 42.1. The maximum Gasteiger partial charge on any atom is 0.317 e. The van der Waals surface area contributed by atoms with E-state index >= 15 is 0 Å². The standard InChI is InChI=1S/C41H69N7O10/c1-26(3-8-34(42)50)29-4-5-31-30(29)6-7-32-40(31)33(49)20-27-19-28(9-10-41(27,32)2)44-35(51)21-43-36(52)22-45-11-13-46(23-37(53)54)15-17-48(25-39(57)58)18-16-47(14-12-45)24-38(55)56/h26-33,40,49H,3-25H2,1-2H3,(H2,42,50)(H,43,52)(H,44,51)(H,53,54)(H,55,56)(H,57,58)/t26-,27+,28?,29-,30?,31-,32+,33-,40?,41?/m1/s1. The van der Waals surface area contributed by atoms with Crippen LogP contribution in [0.1, 0.15) is 78.1 Å². The Hall–Kier alpha value is -3.38. The molecule has 328 valence electrons. The third-order valence-electron chi connectivity index (χ3n) is 14.8. The van der Waals surface area contributed by atoms with Gasteiger partial charge < -0.3 is 36.8 Å². The summed E-state index contributed by atoms with van der Waals surface area (Å²) in [6.45, 7) is 5.95. The zero-order valence-corrected chi connectivity index (χ0v) is 34.6. The Morgan fingerprint density at radius 3 is 1.74 bits per heavy atom. The van der Waals surface area contributed by atoms with Crippen molar-refractivity contribution in [1.82, 2.24) is 30.2 Å². The molecule has 10 atom stereocenters. The van der Waals surface area contributed by atoms with Crippen molar-refractivity contribution >= 4 is 35.6 Å². The summed E-state index contributed by atoms with van der Waals surface area (Å²) in [4.78, 5) is 79.4. The Balaban J connectivity index is 1.11. The molecule has 0 bridgehead atoms. The molecule has 4 saturated carbocycles. The first-order chi connectivity index (χ1) is 27.5. The Bertz CT molecular complexity index is 1440. The Kier molecular flexibility index (Phi) is 16.3. The first-order valence-corrected chi connectivity index (χ1v) is 21.6. The topological polar surface area (TPSA) is 246 Å². The normalized spacial score (nSPS) is 33.6. The highest BCUT2D eigenvalue weighted by Gasteiger charge is 2.59. The lowest BCUT2D eigenvalue weighted by Crippen LogP contribution is -2.58. The summed E-state index contributed by atoms with van der Waals surface area (Å²) in [5.41, 5.74) is 5.55. The second kappa shape index (κ2) is 20.7. The van der Waals surface area contributed by atoms with Crippen LogP contribution in [0.2, 0.25) is 0 Å². The maximum absolute atomic E-state index is 13.2. The summed E-state index contributed by atoms with van der Waals surface area (Å²) < 4.78 is 0. The summed E-state index contributed by atoms with van der Waals surface area (Å²) >= 11 is 0. The van der Waals surface area contributed by atoms with E-state index in [1.54, 1.807) is 14.7 Å². The molecule has 4 aliphatic carbocycles. The number of carbonyl (C=O) groups is 6. The van der Waals surface area contributed by atoms with Crippen LogP contribution in [0.4, 0.5) is 0 Å². The summed E-state index contributed by atoms with van der Waals surface area (Å²) in [7, 11) is 0. The van der Waals surface area contributed by atoms with E-state index in [-0.39, 0.29) is 113 Å². The molecule has 1 saturated heterocycles. The maximum atomic E-state index is 13.2. The molecule has 17 nitrogen and oxygen atoms in total. The lowest BCUT2D eigenvalue weighted by atomic mass is 9.46. The number of nitrogens with zero attached hydrogens (tertiary/aromatic N) is 4. The van der Waals surface area contributed by atoms with Crippen LogP contribution >= 0.6 is 0 Å². The van der Waals surface area contributed by atoms with Gasteiger partial charge in [0.15, 0.2) is 0 Å². The Labute approximate surface area is 342 Å². The van der Waals surface area contributed by atoms with Crippen molar-refractivity contribution in [1.29, 1.82) is 0 Å². The number of rotatable bonds is 15. The molecule has 4 unspecified atom stereocenters. The van der Waals surface area contributed by atoms with Gasteiger partial charge in [-0.15, -0.1) is 0 Å². The smallest absolute Gasteiger partial charge is 0.317 e. The van der Waals surface area contributed by atoms with Gasteiger partial charge in [-0.25, -0.2) is 0 Å². The molecule has 58 heavy (non-hydrogen) atoms. The third-order valence-corrected chi connectivity index (χ3v) is 14.8. The first kappa shape index (κ1) is 45.7. The fourth-order valence-electron chi connectivity index (χ4n) is 11.9. The van der Waals surface area contributed by atoms with Crippen molar-refractivity contribution in [2.24, 2.45) is 52.6 Å². The summed E-state index contributed by atoms with van der Waals surface area (Å²) in [5, 5.41) is 46.0. The van der Waals surface area contributed by atoms with E-state index in [9.17, 15) is 49.2 Å². The molecular formula is C41H69N7O10. The van der Waals surface area contributed by atoms with Gasteiger partial charge >= 0.3 is 17.9 Å². The minimum absolute atomic E-state index is 0.0496. The predicted molar refractivity (Wildman–Crippen MR) is 213 cm³/mol. The number of nitrogens with two attached hydrogens (primary N) is 1. The molecule has 0 aromatic carbocycles. The average molecular weight is 820 g/mol. The minimum Gasteiger partial charge on any atom is -0.480 e. The summed E-state index contributed by atoms with van der Waals surface area (Å²) in [5.74, 6) is -0.821. The van der Waals surface area contributed by atoms with Crippen molar-refractivity contribution < 1.29 is 49.2 Å². The average Bonchev–Trinajstić information content (AvgIpc) is 3.58. The highest BCUT2D eigenvalue weighted by molar-refractivity contribution is 5.85. The summed E-state index contributed by atoms with van der Waals surface area (Å²) in [6, 6.07) is -0.0496. The van der Waals surface area contributed by atoms with Crippen LogP contribution in [0.15, 0.2) is 0 Å². The second-order valence-corrected chi connectivity index (χ2v) is 18.4. The van der Waals surface area contributed by atoms with Gasteiger partial charge in [-0.3, -0.25) is 48.4 Å². The molecule has 1 heterocycles. The fraction of sp³-hybridized carbons (Fsp3) is 0.854. The van der Waals surface area contributed by atoms with E-state index in [1.807, 2.05) is 4.90 Å². The van der Waals surface area contributed by atoms with Crippen molar-refractivity contribution in [2.45, 2.75) is 90.2 Å². The largest absolute Gasteiger partial charge is 0.480 e. The molecule has 0 spiro atoms. The van der Waals surface area contributed by atoms with E-state index in [1.165, 1.54) is 0 Å². The Morgan fingerprint density at radius 2 is 1.22 bits per heavy atom. The lowest BCUT2D eigenvalue weighted by Gasteiger charge is -2.60. The van der Waals surface area contributed by atoms with Crippen LogP contribution < -0.4 is 16.4 Å². The number of aliphatic hydroxyl groups excluding tert-OH is 1. The van der Waals surface area contributed by atoms with Crippen LogP contribution in [0.5, 0.6) is 0 Å². The molecule has 5 fully saturated rings. The van der Waals surface area contributed by atoms with E-state index in [0.717, 1.165) is 57.8 Å². The zero-order valence-electron chi connectivity index (χ0n) is 34.6. The second-order valence-electron chi connectivity index (χ2n) is 18.4. The first-order valence-electron chi connectivity index (χ1n) is 21.6. The fourth-order valence-corrected chi connectivity index (χ4v) is 11.9. The van der Waals surface area contributed by atoms with Crippen LogP contribution in [0.3, 0.4) is 0 Å². The van der Waals surface area contributed by atoms with E-state index < -0.39 is 17.9 Å². The van der Waals surface area contributed by atoms with Gasteiger partial charge in [0.25, 0.3) is 0 Å². The number of fused-ring (bicyclic) bond motifs is 5. The molecule has 5 rings (SSSR count). The molecule has 5 aliphatic rings. The van der Waals surface area contributed by atoms with Gasteiger partial charge in [-0.05, 0) is 105 Å². The van der Waals surface area contributed by atoms with Crippen molar-refractivity contribution in [3.05, 3.63) is 0 Å². The molecular weight excluding hydrogens is 750 g/mol. The van der Waals surface area contributed by atoms with Crippen molar-refractivity contribution in [2.75, 3.05) is 85.1 Å². The molecule has 17 heteroatoms. The van der Waals surface area contributed by atoms with Gasteiger partial charge in [-0.2, -0.15) is 0 Å². The molecule has 1 aliphatic heterocycles. The number of carbonyl (C=O) groups excluding carboxylic acids is 3. The Morgan fingerprint density at radius 1 is 0.707 bits per heavy atom. The van der Waals surface area contributed by atoms with Crippen molar-refractivity contribution in [3.8, 4) is 0 Å². The molecule has 8 N–H and O–H groups in total.